The van der Waals surface area contributed by atoms with E-state index in [9.17, 15) is 9.90 Å². The number of rotatable bonds is 5. The van der Waals surface area contributed by atoms with Crippen molar-refractivity contribution in [3.63, 3.8) is 0 Å². The third-order valence-electron chi connectivity index (χ3n) is 4.14. The normalized spacial score (nSPS) is 15.9. The van der Waals surface area contributed by atoms with Gasteiger partial charge >= 0.3 is 0 Å². The Balaban J connectivity index is 1.48. The van der Waals surface area contributed by atoms with E-state index in [0.29, 0.717) is 12.3 Å². The lowest BCUT2D eigenvalue weighted by Crippen LogP contribution is -2.42. The summed E-state index contributed by atoms with van der Waals surface area (Å²) in [5.74, 6) is 0.156. The van der Waals surface area contributed by atoms with Crippen molar-refractivity contribution in [2.75, 3.05) is 19.6 Å². The van der Waals surface area contributed by atoms with E-state index in [4.69, 9.17) is 4.42 Å². The van der Waals surface area contributed by atoms with Crippen LogP contribution in [0.15, 0.2) is 35.1 Å². The standard InChI is InChI=1S/C17H21N3O3/c1-12-16(19-11-23-12)17(22)18-8-15(21)10-20-7-6-13-4-2-3-5-14(13)9-20/h2-5,11,15,21H,6-10H2,1H3,(H,18,22). The molecule has 0 fully saturated rings. The highest BCUT2D eigenvalue weighted by Crippen LogP contribution is 2.18. The molecular formula is C17H21N3O3. The fourth-order valence-corrected chi connectivity index (χ4v) is 2.89. The van der Waals surface area contributed by atoms with Gasteiger partial charge in [0.1, 0.15) is 5.76 Å². The molecule has 0 bridgehead atoms. The maximum Gasteiger partial charge on any atom is 0.273 e. The van der Waals surface area contributed by atoms with Crippen molar-refractivity contribution in [2.45, 2.75) is 26.0 Å². The minimum atomic E-state index is -0.614. The van der Waals surface area contributed by atoms with Crippen molar-refractivity contribution < 1.29 is 14.3 Å². The van der Waals surface area contributed by atoms with Gasteiger partial charge in [0.25, 0.3) is 5.91 Å². The van der Waals surface area contributed by atoms with Crippen molar-refractivity contribution in [1.82, 2.24) is 15.2 Å². The molecule has 2 aromatic rings. The molecule has 1 aromatic heterocycles. The highest BCUT2D eigenvalue weighted by molar-refractivity contribution is 5.93. The molecule has 2 N–H and O–H groups in total. The summed E-state index contributed by atoms with van der Waals surface area (Å²) in [5, 5.41) is 12.9. The molecule has 122 valence electrons. The Kier molecular flexibility index (Phi) is 4.73. The summed E-state index contributed by atoms with van der Waals surface area (Å²) in [6.07, 6.45) is 1.62. The van der Waals surface area contributed by atoms with E-state index < -0.39 is 6.10 Å². The molecule has 0 aliphatic carbocycles. The first-order valence-corrected chi connectivity index (χ1v) is 7.79. The van der Waals surface area contributed by atoms with Crippen LogP contribution < -0.4 is 5.32 Å². The number of β-amino-alcohol motifs (C(OH)–C–C–N with tert-alkyl or cyclic N) is 1. The molecule has 6 nitrogen and oxygen atoms in total. The van der Waals surface area contributed by atoms with Crippen LogP contribution in [0.4, 0.5) is 0 Å². The predicted molar refractivity (Wildman–Crippen MR) is 85.0 cm³/mol. The molecule has 1 unspecified atom stereocenters. The van der Waals surface area contributed by atoms with E-state index in [-0.39, 0.29) is 18.1 Å². The Morgan fingerprint density at radius 3 is 2.96 bits per heavy atom. The van der Waals surface area contributed by atoms with Gasteiger partial charge in [-0.1, -0.05) is 24.3 Å². The van der Waals surface area contributed by atoms with Gasteiger partial charge in [0, 0.05) is 26.2 Å². The second-order valence-corrected chi connectivity index (χ2v) is 5.87. The molecule has 0 saturated carbocycles. The summed E-state index contributed by atoms with van der Waals surface area (Å²) in [7, 11) is 0. The molecule has 1 aromatic carbocycles. The summed E-state index contributed by atoms with van der Waals surface area (Å²) in [6.45, 7) is 4.17. The van der Waals surface area contributed by atoms with Crippen LogP contribution in [0.5, 0.6) is 0 Å². The Labute approximate surface area is 135 Å². The average molecular weight is 315 g/mol. The average Bonchev–Trinajstić information content (AvgIpc) is 2.98. The highest BCUT2D eigenvalue weighted by Gasteiger charge is 2.19. The number of nitrogens with zero attached hydrogens (tertiary/aromatic N) is 2. The molecule has 2 heterocycles. The summed E-state index contributed by atoms with van der Waals surface area (Å²) < 4.78 is 5.00. The third-order valence-corrected chi connectivity index (χ3v) is 4.14. The first-order chi connectivity index (χ1) is 11.1. The molecule has 1 aliphatic rings. The molecule has 0 spiro atoms. The number of aliphatic hydroxyl groups is 1. The lowest BCUT2D eigenvalue weighted by atomic mass is 10.00. The van der Waals surface area contributed by atoms with E-state index in [1.54, 1.807) is 6.92 Å². The van der Waals surface area contributed by atoms with Crippen LogP contribution in [0, 0.1) is 6.92 Å². The minimum Gasteiger partial charge on any atom is -0.448 e. The number of oxazole rings is 1. The summed E-state index contributed by atoms with van der Waals surface area (Å²) >= 11 is 0. The van der Waals surface area contributed by atoms with E-state index in [0.717, 1.165) is 19.5 Å². The second kappa shape index (κ2) is 6.93. The molecule has 1 aliphatic heterocycles. The van der Waals surface area contributed by atoms with Gasteiger partial charge in [0.05, 0.1) is 6.10 Å². The number of benzene rings is 1. The first kappa shape index (κ1) is 15.7. The van der Waals surface area contributed by atoms with Gasteiger partial charge in [-0.05, 0) is 24.5 Å². The van der Waals surface area contributed by atoms with Crippen molar-refractivity contribution in [3.05, 3.63) is 53.2 Å². The molecule has 0 saturated heterocycles. The number of carbonyl (C=O) groups excluding carboxylic acids is 1. The van der Waals surface area contributed by atoms with Crippen LogP contribution in [-0.4, -0.2) is 46.6 Å². The molecule has 23 heavy (non-hydrogen) atoms. The number of aryl methyl sites for hydroxylation is 1. The van der Waals surface area contributed by atoms with Gasteiger partial charge < -0.3 is 14.8 Å². The molecule has 0 radical (unpaired) electrons. The smallest absolute Gasteiger partial charge is 0.273 e. The maximum absolute atomic E-state index is 11.9. The van der Waals surface area contributed by atoms with E-state index in [2.05, 4.69) is 33.4 Å². The van der Waals surface area contributed by atoms with Crippen LogP contribution in [0.2, 0.25) is 0 Å². The zero-order valence-corrected chi connectivity index (χ0v) is 13.2. The zero-order chi connectivity index (χ0) is 16.2. The van der Waals surface area contributed by atoms with Crippen LogP contribution >= 0.6 is 0 Å². The Morgan fingerprint density at radius 2 is 2.22 bits per heavy atom. The fourth-order valence-electron chi connectivity index (χ4n) is 2.89. The zero-order valence-electron chi connectivity index (χ0n) is 13.2. The number of carbonyl (C=O) groups is 1. The fraction of sp³-hybridized carbons (Fsp3) is 0.412. The Bertz CT molecular complexity index is 683. The molecular weight excluding hydrogens is 294 g/mol. The van der Waals surface area contributed by atoms with Crippen LogP contribution in [0.3, 0.4) is 0 Å². The predicted octanol–water partition coefficient (Wildman–Crippen LogP) is 1.13. The molecule has 3 rings (SSSR count). The number of aliphatic hydroxyl groups excluding tert-OH is 1. The van der Waals surface area contributed by atoms with Crippen molar-refractivity contribution >= 4 is 5.91 Å². The summed E-state index contributed by atoms with van der Waals surface area (Å²) in [6, 6.07) is 8.39. The van der Waals surface area contributed by atoms with Gasteiger partial charge in [0.2, 0.25) is 0 Å². The van der Waals surface area contributed by atoms with Crippen LogP contribution in [-0.2, 0) is 13.0 Å². The maximum atomic E-state index is 11.9. The quantitative estimate of drug-likeness (QED) is 0.865. The second-order valence-electron chi connectivity index (χ2n) is 5.87. The molecule has 1 amide bonds. The minimum absolute atomic E-state index is 0.198. The molecule has 1 atom stereocenters. The monoisotopic (exact) mass is 315 g/mol. The summed E-state index contributed by atoms with van der Waals surface area (Å²) in [4.78, 5) is 18.0. The van der Waals surface area contributed by atoms with Gasteiger partial charge in [-0.2, -0.15) is 0 Å². The lowest BCUT2D eigenvalue weighted by Gasteiger charge is -2.30. The van der Waals surface area contributed by atoms with E-state index >= 15 is 0 Å². The highest BCUT2D eigenvalue weighted by atomic mass is 16.3. The number of hydrogen-bond acceptors (Lipinski definition) is 5. The van der Waals surface area contributed by atoms with Crippen molar-refractivity contribution in [2.24, 2.45) is 0 Å². The number of hydrogen-bond donors (Lipinski definition) is 2. The van der Waals surface area contributed by atoms with Gasteiger partial charge in [0.15, 0.2) is 12.1 Å². The van der Waals surface area contributed by atoms with Crippen LogP contribution in [0.1, 0.15) is 27.4 Å². The first-order valence-electron chi connectivity index (χ1n) is 7.79. The number of aromatic nitrogens is 1. The van der Waals surface area contributed by atoms with Crippen LogP contribution in [0.25, 0.3) is 0 Å². The molecule has 6 heteroatoms. The van der Waals surface area contributed by atoms with E-state index in [1.807, 2.05) is 6.07 Å². The van der Waals surface area contributed by atoms with Crippen molar-refractivity contribution in [3.8, 4) is 0 Å². The number of nitrogens with one attached hydrogen (secondary N) is 1. The van der Waals surface area contributed by atoms with Gasteiger partial charge in [-0.3, -0.25) is 9.69 Å². The van der Waals surface area contributed by atoms with Gasteiger partial charge in [-0.15, -0.1) is 0 Å². The SMILES string of the molecule is Cc1ocnc1C(=O)NCC(O)CN1CCc2ccccc2C1. The Morgan fingerprint density at radius 1 is 1.43 bits per heavy atom. The third kappa shape index (κ3) is 3.78. The topological polar surface area (TPSA) is 78.6 Å². The summed E-state index contributed by atoms with van der Waals surface area (Å²) in [5.41, 5.74) is 2.96. The van der Waals surface area contributed by atoms with E-state index in [1.165, 1.54) is 17.5 Å². The number of amides is 1. The Hall–Kier alpha value is -2.18. The van der Waals surface area contributed by atoms with Crippen molar-refractivity contribution in [1.29, 1.82) is 0 Å². The lowest BCUT2D eigenvalue weighted by molar-refractivity contribution is 0.0837. The number of fused-ring (bicyclic) bond motifs is 1. The largest absolute Gasteiger partial charge is 0.448 e. The van der Waals surface area contributed by atoms with Gasteiger partial charge in [-0.25, -0.2) is 4.98 Å².